The molecule has 0 amide bonds. The summed E-state index contributed by atoms with van der Waals surface area (Å²) in [7, 11) is 0. The van der Waals surface area contributed by atoms with Crippen LogP contribution in [-0.2, 0) is 5.41 Å². The highest BCUT2D eigenvalue weighted by molar-refractivity contribution is 6.25. The summed E-state index contributed by atoms with van der Waals surface area (Å²) in [5.74, 6) is 0. The Morgan fingerprint density at radius 1 is 0.719 bits per heavy atom. The van der Waals surface area contributed by atoms with Gasteiger partial charge in [-0.1, -0.05) is 74.5 Å². The second-order valence-electron chi connectivity index (χ2n) is 9.09. The van der Waals surface area contributed by atoms with Crippen molar-refractivity contribution in [2.45, 2.75) is 19.3 Å². The van der Waals surface area contributed by atoms with Gasteiger partial charge >= 0.3 is 0 Å². The third-order valence-corrected chi connectivity index (χ3v) is 7.04. The van der Waals surface area contributed by atoms with Crippen molar-refractivity contribution in [2.75, 3.05) is 0 Å². The van der Waals surface area contributed by atoms with Crippen LogP contribution in [0.1, 0.15) is 25.0 Å². The Hall–Kier alpha value is -3.98. The summed E-state index contributed by atoms with van der Waals surface area (Å²) < 4.78 is 2.42. The van der Waals surface area contributed by atoms with E-state index in [1.807, 2.05) is 12.4 Å². The molecule has 0 fully saturated rings. The molecule has 0 unspecified atom stereocenters. The molecule has 2 aromatic heterocycles. The first kappa shape index (κ1) is 17.7. The lowest BCUT2D eigenvalue weighted by Crippen LogP contribution is -2.16. The van der Waals surface area contributed by atoms with Gasteiger partial charge in [0.15, 0.2) is 0 Å². The van der Waals surface area contributed by atoms with Crippen LogP contribution < -0.4 is 0 Å². The highest BCUT2D eigenvalue weighted by Gasteiger charge is 2.40. The first-order valence-corrected chi connectivity index (χ1v) is 11.0. The van der Waals surface area contributed by atoms with Crippen molar-refractivity contribution >= 4 is 32.8 Å². The largest absolute Gasteiger partial charge is 0.309 e. The lowest BCUT2D eigenvalue weighted by Gasteiger charge is -2.24. The number of hydrogen-bond acceptors (Lipinski definition) is 2. The molecule has 0 saturated heterocycles. The number of aromatic nitrogens is 3. The SMILES string of the molecule is CC1(C)c2ccccc2-c2c1c1c(c3ccccc3n1-c1ccccc1)c1nccnc21. The van der Waals surface area contributed by atoms with Crippen molar-refractivity contribution in [3.63, 3.8) is 0 Å². The normalized spacial score (nSPS) is 14.2. The summed E-state index contributed by atoms with van der Waals surface area (Å²) in [6, 6.07) is 28.1. The van der Waals surface area contributed by atoms with Crippen molar-refractivity contribution in [3.05, 3.63) is 102 Å². The average molecular weight is 412 g/mol. The topological polar surface area (TPSA) is 30.7 Å². The molecule has 4 aromatic carbocycles. The molecule has 1 aliphatic rings. The Morgan fingerprint density at radius 3 is 2.25 bits per heavy atom. The van der Waals surface area contributed by atoms with Crippen molar-refractivity contribution in [1.82, 2.24) is 14.5 Å². The zero-order valence-electron chi connectivity index (χ0n) is 18.0. The van der Waals surface area contributed by atoms with Crippen LogP contribution in [-0.4, -0.2) is 14.5 Å². The van der Waals surface area contributed by atoms with Gasteiger partial charge in [-0.3, -0.25) is 9.97 Å². The fourth-order valence-electron chi connectivity index (χ4n) is 5.75. The predicted molar refractivity (Wildman–Crippen MR) is 131 cm³/mol. The molecule has 0 aliphatic heterocycles. The summed E-state index contributed by atoms with van der Waals surface area (Å²) >= 11 is 0. The van der Waals surface area contributed by atoms with Gasteiger partial charge in [-0.15, -0.1) is 0 Å². The van der Waals surface area contributed by atoms with Crippen LogP contribution in [0.5, 0.6) is 0 Å². The van der Waals surface area contributed by atoms with E-state index in [2.05, 4.69) is 97.3 Å². The van der Waals surface area contributed by atoms with E-state index in [9.17, 15) is 0 Å². The molecule has 7 rings (SSSR count). The molecule has 32 heavy (non-hydrogen) atoms. The predicted octanol–water partition coefficient (Wildman–Crippen LogP) is 7.03. The second kappa shape index (κ2) is 6.04. The highest BCUT2D eigenvalue weighted by Crippen LogP contribution is 2.55. The smallest absolute Gasteiger partial charge is 0.0993 e. The average Bonchev–Trinajstić information content (AvgIpc) is 3.30. The first-order valence-electron chi connectivity index (χ1n) is 11.0. The fraction of sp³-hybridized carbons (Fsp3) is 0.103. The van der Waals surface area contributed by atoms with Gasteiger partial charge in [0.1, 0.15) is 0 Å². The monoisotopic (exact) mass is 411 g/mol. The van der Waals surface area contributed by atoms with E-state index in [-0.39, 0.29) is 5.41 Å². The lowest BCUT2D eigenvalue weighted by molar-refractivity contribution is 0.664. The van der Waals surface area contributed by atoms with Gasteiger partial charge in [0.05, 0.1) is 22.1 Å². The Morgan fingerprint density at radius 2 is 1.41 bits per heavy atom. The molecule has 0 atom stereocenters. The maximum atomic E-state index is 4.89. The molecule has 3 heteroatoms. The Labute approximate surface area is 186 Å². The lowest BCUT2D eigenvalue weighted by atomic mass is 9.81. The van der Waals surface area contributed by atoms with Crippen LogP contribution >= 0.6 is 0 Å². The standard InChI is InChI=1S/C29H21N3/c1-29(2)21-14-8-6-12-19(21)23-25(29)28-24(27-26(23)30-16-17-31-27)20-13-7-9-15-22(20)32(28)18-10-4-3-5-11-18/h3-17H,1-2H3. The fourth-order valence-corrected chi connectivity index (χ4v) is 5.75. The summed E-state index contributed by atoms with van der Waals surface area (Å²) in [5, 5.41) is 2.40. The molecule has 0 radical (unpaired) electrons. The zero-order chi connectivity index (χ0) is 21.4. The molecular weight excluding hydrogens is 390 g/mol. The van der Waals surface area contributed by atoms with E-state index in [1.165, 1.54) is 44.1 Å². The molecule has 3 nitrogen and oxygen atoms in total. The molecule has 152 valence electrons. The summed E-state index contributed by atoms with van der Waals surface area (Å²) in [6.45, 7) is 4.68. The van der Waals surface area contributed by atoms with Gasteiger partial charge in [-0.25, -0.2) is 0 Å². The third-order valence-electron chi connectivity index (χ3n) is 7.04. The highest BCUT2D eigenvalue weighted by atomic mass is 15.0. The van der Waals surface area contributed by atoms with Crippen LogP contribution in [0.25, 0.3) is 49.7 Å². The molecule has 0 bridgehead atoms. The Kier molecular flexibility index (Phi) is 3.34. The number of fused-ring (bicyclic) bond motifs is 10. The molecule has 6 aromatic rings. The van der Waals surface area contributed by atoms with Gasteiger partial charge < -0.3 is 4.57 Å². The minimum absolute atomic E-state index is 0.156. The zero-order valence-corrected chi connectivity index (χ0v) is 18.0. The van der Waals surface area contributed by atoms with Gasteiger partial charge in [0, 0.05) is 39.8 Å². The number of benzene rings is 4. The molecule has 0 saturated carbocycles. The van der Waals surface area contributed by atoms with E-state index in [4.69, 9.17) is 9.97 Å². The van der Waals surface area contributed by atoms with Crippen molar-refractivity contribution in [2.24, 2.45) is 0 Å². The van der Waals surface area contributed by atoms with Crippen LogP contribution in [0.3, 0.4) is 0 Å². The molecular formula is C29H21N3. The Bertz CT molecular complexity index is 1690. The van der Waals surface area contributed by atoms with Gasteiger partial charge in [-0.2, -0.15) is 0 Å². The minimum Gasteiger partial charge on any atom is -0.309 e. The van der Waals surface area contributed by atoms with Crippen molar-refractivity contribution in [1.29, 1.82) is 0 Å². The van der Waals surface area contributed by atoms with Gasteiger partial charge in [0.2, 0.25) is 0 Å². The summed E-state index contributed by atoms with van der Waals surface area (Å²) in [4.78, 5) is 9.77. The van der Waals surface area contributed by atoms with E-state index in [0.29, 0.717) is 0 Å². The minimum atomic E-state index is -0.156. The summed E-state index contributed by atoms with van der Waals surface area (Å²) in [5.41, 5.74) is 10.6. The van der Waals surface area contributed by atoms with Gasteiger partial charge in [0.25, 0.3) is 0 Å². The summed E-state index contributed by atoms with van der Waals surface area (Å²) in [6.07, 6.45) is 3.63. The number of rotatable bonds is 1. The maximum absolute atomic E-state index is 4.89. The quantitative estimate of drug-likeness (QED) is 0.291. The van der Waals surface area contributed by atoms with Crippen molar-refractivity contribution in [3.8, 4) is 16.8 Å². The molecule has 0 spiro atoms. The number of nitrogens with zero attached hydrogens (tertiary/aromatic N) is 3. The number of hydrogen-bond donors (Lipinski definition) is 0. The molecule has 0 N–H and O–H groups in total. The number of para-hydroxylation sites is 2. The van der Waals surface area contributed by atoms with Crippen molar-refractivity contribution < 1.29 is 0 Å². The van der Waals surface area contributed by atoms with E-state index in [0.717, 1.165) is 16.7 Å². The van der Waals surface area contributed by atoms with Crippen LogP contribution in [0.4, 0.5) is 0 Å². The van der Waals surface area contributed by atoms with E-state index < -0.39 is 0 Å². The van der Waals surface area contributed by atoms with Crippen LogP contribution in [0.2, 0.25) is 0 Å². The first-order chi connectivity index (χ1) is 15.7. The van der Waals surface area contributed by atoms with Crippen LogP contribution in [0, 0.1) is 0 Å². The maximum Gasteiger partial charge on any atom is 0.0993 e. The molecule has 1 aliphatic carbocycles. The second-order valence-corrected chi connectivity index (χ2v) is 9.09. The Balaban J connectivity index is 1.84. The molecule has 2 heterocycles. The van der Waals surface area contributed by atoms with Gasteiger partial charge in [-0.05, 0) is 34.9 Å². The van der Waals surface area contributed by atoms with E-state index >= 15 is 0 Å². The van der Waals surface area contributed by atoms with Crippen LogP contribution in [0.15, 0.2) is 91.3 Å². The third kappa shape index (κ3) is 2.06. The van der Waals surface area contributed by atoms with E-state index in [1.54, 1.807) is 0 Å².